The first kappa shape index (κ1) is 23.6. The van der Waals surface area contributed by atoms with E-state index in [1.54, 1.807) is 22.7 Å². The van der Waals surface area contributed by atoms with Crippen LogP contribution in [0.15, 0.2) is 48.9 Å². The molecule has 2 aliphatic heterocycles. The maximum atomic E-state index is 12.9. The van der Waals surface area contributed by atoms with Crippen molar-refractivity contribution in [3.63, 3.8) is 0 Å². The fourth-order valence-corrected chi connectivity index (χ4v) is 5.04. The lowest BCUT2D eigenvalue weighted by molar-refractivity contribution is -0.775. The third kappa shape index (κ3) is 4.70. The zero-order chi connectivity index (χ0) is 25.4. The van der Waals surface area contributed by atoms with Crippen LogP contribution in [0.25, 0.3) is 28.0 Å². The van der Waals surface area contributed by atoms with Gasteiger partial charge in [0.15, 0.2) is 11.7 Å². The largest absolute Gasteiger partial charge is 0.474 e. The highest BCUT2D eigenvalue weighted by molar-refractivity contribution is 5.95. The molecule has 2 aliphatic rings. The van der Waals surface area contributed by atoms with Gasteiger partial charge in [0.25, 0.3) is 5.91 Å². The van der Waals surface area contributed by atoms with Crippen molar-refractivity contribution in [2.45, 2.75) is 18.9 Å². The van der Waals surface area contributed by atoms with Gasteiger partial charge in [0.1, 0.15) is 6.61 Å². The number of hydrogen-bond donors (Lipinski definition) is 1. The molecule has 0 saturated carbocycles. The fourth-order valence-electron chi connectivity index (χ4n) is 5.04. The van der Waals surface area contributed by atoms with Gasteiger partial charge in [-0.05, 0) is 25.2 Å². The van der Waals surface area contributed by atoms with Crippen LogP contribution >= 0.6 is 0 Å². The number of imidazole rings is 1. The molecule has 0 radical (unpaired) electrons. The van der Waals surface area contributed by atoms with Crippen LogP contribution in [0.3, 0.4) is 0 Å². The minimum Gasteiger partial charge on any atom is -0.474 e. The standard InChI is InChI=1S/C27H31N7O3/c1-31-8-6-22(7-9-31)33-18-21(16-29-33)23-15-25-28-17-24-19-4-3-5-20(14-19)27(35)32(2)10-11-36-12-13-37-26(23)30-34(24)25/h3-5,14-18,22H,6-13H2,1-2H3/p+1. The van der Waals surface area contributed by atoms with Crippen LogP contribution in [-0.4, -0.2) is 89.0 Å². The summed E-state index contributed by atoms with van der Waals surface area (Å²) in [5.41, 5.74) is 4.86. The van der Waals surface area contributed by atoms with Gasteiger partial charge in [-0.25, -0.2) is 9.50 Å². The van der Waals surface area contributed by atoms with E-state index >= 15 is 0 Å². The summed E-state index contributed by atoms with van der Waals surface area (Å²) in [5.74, 6) is 0.468. The van der Waals surface area contributed by atoms with Gasteiger partial charge >= 0.3 is 0 Å². The predicted octanol–water partition coefficient (Wildman–Crippen LogP) is 2.43. The molecule has 10 nitrogen and oxygen atoms in total. The molecular weight excluding hydrogens is 470 g/mol. The summed E-state index contributed by atoms with van der Waals surface area (Å²) in [6.45, 7) is 3.86. The molecule has 6 rings (SSSR count). The first-order valence-electron chi connectivity index (χ1n) is 12.8. The molecule has 3 aromatic heterocycles. The number of amides is 1. The van der Waals surface area contributed by atoms with E-state index in [1.807, 2.05) is 36.5 Å². The van der Waals surface area contributed by atoms with Crippen molar-refractivity contribution in [1.82, 2.24) is 29.5 Å². The SMILES string of the molecule is CN1CCC([n+]2cc(-c3cc4ncc5n4nc3OCCOCCN(C)C(=O)c3cccc-5c3)c[nH]2)CC1. The van der Waals surface area contributed by atoms with Gasteiger partial charge in [-0.1, -0.05) is 12.1 Å². The van der Waals surface area contributed by atoms with Crippen LogP contribution in [-0.2, 0) is 4.74 Å². The summed E-state index contributed by atoms with van der Waals surface area (Å²) in [6.07, 6.45) is 8.16. The number of aromatic nitrogens is 5. The number of aromatic amines is 1. The van der Waals surface area contributed by atoms with Crippen molar-refractivity contribution in [1.29, 1.82) is 0 Å². The van der Waals surface area contributed by atoms with Crippen LogP contribution in [0, 0.1) is 0 Å². The van der Waals surface area contributed by atoms with Crippen molar-refractivity contribution in [3.8, 4) is 28.3 Å². The summed E-state index contributed by atoms with van der Waals surface area (Å²) in [6, 6.07) is 10.0. The number of carbonyl (C=O) groups is 1. The van der Waals surface area contributed by atoms with E-state index in [1.165, 1.54) is 0 Å². The average molecular weight is 503 g/mol. The van der Waals surface area contributed by atoms with Gasteiger partial charge in [0, 0.05) is 50.7 Å². The number of likely N-dealkylation sites (N-methyl/N-ethyl adjacent to an activating group) is 1. The molecule has 10 heteroatoms. The summed E-state index contributed by atoms with van der Waals surface area (Å²) >= 11 is 0. The first-order valence-corrected chi connectivity index (χ1v) is 12.8. The number of benzene rings is 1. The Labute approximate surface area is 215 Å². The smallest absolute Gasteiger partial charge is 0.253 e. The molecule has 0 aliphatic carbocycles. The lowest BCUT2D eigenvalue weighted by Gasteiger charge is -2.24. The number of nitrogens with zero attached hydrogens (tertiary/aromatic N) is 6. The van der Waals surface area contributed by atoms with E-state index in [0.717, 1.165) is 48.3 Å². The Morgan fingerprint density at radius 3 is 2.73 bits per heavy atom. The van der Waals surface area contributed by atoms with Crippen LogP contribution in [0.4, 0.5) is 0 Å². The number of fused-ring (bicyclic) bond motifs is 4. The van der Waals surface area contributed by atoms with Crippen molar-refractivity contribution >= 4 is 11.6 Å². The number of H-pyrrole nitrogens is 1. The molecule has 5 heterocycles. The number of hydrogen-bond acceptors (Lipinski definition) is 6. The topological polar surface area (TPSA) is 91.9 Å². The van der Waals surface area contributed by atoms with Gasteiger partial charge in [0.05, 0.1) is 42.4 Å². The third-order valence-electron chi connectivity index (χ3n) is 7.29. The van der Waals surface area contributed by atoms with Gasteiger partial charge in [-0.15, -0.1) is 9.78 Å². The maximum Gasteiger partial charge on any atom is 0.253 e. The Bertz CT molecular complexity index is 1420. The fraction of sp³-hybridized carbons (Fsp3) is 0.407. The van der Waals surface area contributed by atoms with Crippen LogP contribution in [0.2, 0.25) is 0 Å². The molecule has 1 aromatic carbocycles. The number of rotatable bonds is 2. The Balaban J connectivity index is 1.41. The second-order valence-corrected chi connectivity index (χ2v) is 9.84. The Morgan fingerprint density at radius 1 is 1.03 bits per heavy atom. The highest BCUT2D eigenvalue weighted by atomic mass is 16.5. The van der Waals surface area contributed by atoms with Crippen molar-refractivity contribution in [2.75, 3.05) is 53.6 Å². The first-order chi connectivity index (χ1) is 18.1. The van der Waals surface area contributed by atoms with Crippen LogP contribution < -0.4 is 9.42 Å². The number of nitrogens with one attached hydrogen (secondary N) is 1. The quantitative estimate of drug-likeness (QED) is 0.424. The molecule has 0 atom stereocenters. The van der Waals surface area contributed by atoms with E-state index in [9.17, 15) is 4.79 Å². The van der Waals surface area contributed by atoms with Crippen molar-refractivity contribution < 1.29 is 19.0 Å². The molecule has 0 unspecified atom stereocenters. The minimum atomic E-state index is -0.0494. The number of carbonyl (C=O) groups excluding carboxylic acids is 1. The molecule has 4 aromatic rings. The number of likely N-dealkylation sites (tertiary alicyclic amines) is 1. The molecular formula is C27H32N7O3+. The van der Waals surface area contributed by atoms with Gasteiger partial charge in [-0.2, -0.15) is 5.10 Å². The summed E-state index contributed by atoms with van der Waals surface area (Å²) < 4.78 is 15.9. The molecule has 37 heavy (non-hydrogen) atoms. The Kier molecular flexibility index (Phi) is 6.35. The zero-order valence-electron chi connectivity index (χ0n) is 21.3. The summed E-state index contributed by atoms with van der Waals surface area (Å²) in [5, 5.41) is 8.30. The van der Waals surface area contributed by atoms with Crippen molar-refractivity contribution in [2.24, 2.45) is 0 Å². The van der Waals surface area contributed by atoms with E-state index in [-0.39, 0.29) is 5.91 Å². The van der Waals surface area contributed by atoms with Gasteiger partial charge in [0.2, 0.25) is 12.1 Å². The van der Waals surface area contributed by atoms with Gasteiger partial charge in [-0.3, -0.25) is 4.79 Å². The molecule has 0 spiro atoms. The zero-order valence-corrected chi connectivity index (χ0v) is 21.3. The maximum absolute atomic E-state index is 12.9. The molecule has 1 N–H and O–H groups in total. The summed E-state index contributed by atoms with van der Waals surface area (Å²) in [4.78, 5) is 21.6. The highest BCUT2D eigenvalue weighted by Crippen LogP contribution is 2.31. The lowest BCUT2D eigenvalue weighted by atomic mass is 10.1. The van der Waals surface area contributed by atoms with Gasteiger partial charge < -0.3 is 19.3 Å². The molecule has 192 valence electrons. The Hall–Kier alpha value is -3.76. The normalized spacial score (nSPS) is 18.1. The lowest BCUT2D eigenvalue weighted by Crippen LogP contribution is -2.46. The molecule has 1 saturated heterocycles. The number of ether oxygens (including phenoxy) is 2. The minimum absolute atomic E-state index is 0.0494. The monoisotopic (exact) mass is 502 g/mol. The number of piperidine rings is 1. The molecule has 1 amide bonds. The third-order valence-corrected chi connectivity index (χ3v) is 7.29. The van der Waals surface area contributed by atoms with E-state index in [0.29, 0.717) is 49.5 Å². The molecule has 4 bridgehead atoms. The van der Waals surface area contributed by atoms with Crippen LogP contribution in [0.5, 0.6) is 5.88 Å². The summed E-state index contributed by atoms with van der Waals surface area (Å²) in [7, 11) is 3.96. The van der Waals surface area contributed by atoms with Crippen molar-refractivity contribution in [3.05, 3.63) is 54.5 Å². The highest BCUT2D eigenvalue weighted by Gasteiger charge is 2.27. The molecule has 1 fully saturated rings. The van der Waals surface area contributed by atoms with E-state index < -0.39 is 0 Å². The second-order valence-electron chi connectivity index (χ2n) is 9.84. The van der Waals surface area contributed by atoms with Crippen LogP contribution in [0.1, 0.15) is 29.2 Å². The van der Waals surface area contributed by atoms with E-state index in [2.05, 4.69) is 32.9 Å². The average Bonchev–Trinajstić information content (AvgIpc) is 3.57. The van der Waals surface area contributed by atoms with E-state index in [4.69, 9.17) is 14.6 Å². The second kappa shape index (κ2) is 9.95. The predicted molar refractivity (Wildman–Crippen MR) is 137 cm³/mol. The Morgan fingerprint density at radius 2 is 1.86 bits per heavy atom.